The van der Waals surface area contributed by atoms with Gasteiger partial charge in [0.05, 0.1) is 0 Å². The quantitative estimate of drug-likeness (QED) is 0.563. The molecule has 2 aliphatic carbocycles. The van der Waals surface area contributed by atoms with Crippen molar-refractivity contribution in [1.82, 2.24) is 0 Å². The maximum atomic E-state index is 11.1. The summed E-state index contributed by atoms with van der Waals surface area (Å²) in [6.07, 6.45) is 11.3. The van der Waals surface area contributed by atoms with Gasteiger partial charge in [-0.15, -0.1) is 0 Å². The fourth-order valence-corrected chi connectivity index (χ4v) is 4.34. The minimum absolute atomic E-state index is 0.473. The van der Waals surface area contributed by atoms with Crippen molar-refractivity contribution in [2.24, 2.45) is 0 Å². The van der Waals surface area contributed by atoms with Crippen LogP contribution in [-0.4, -0.2) is 11.3 Å². The van der Waals surface area contributed by atoms with E-state index in [1.165, 1.54) is 75.3 Å². The van der Waals surface area contributed by atoms with Crippen LogP contribution in [0, 0.1) is 0 Å². The lowest BCUT2D eigenvalue weighted by molar-refractivity contribution is 0.143. The van der Waals surface area contributed by atoms with Crippen LogP contribution in [0.5, 0.6) is 5.75 Å². The predicted molar refractivity (Wildman–Crippen MR) is 86.7 cm³/mol. The molecule has 3 heteroatoms. The first-order chi connectivity index (χ1) is 10.8. The SMILES string of the molecule is O=C(O)Oc1cccc(C2CCCCC2)c1C1CCCCC1. The van der Waals surface area contributed by atoms with Gasteiger partial charge < -0.3 is 9.84 Å². The summed E-state index contributed by atoms with van der Waals surface area (Å²) in [4.78, 5) is 11.1. The number of rotatable bonds is 3. The first-order valence-electron chi connectivity index (χ1n) is 8.79. The van der Waals surface area contributed by atoms with Crippen LogP contribution in [0.4, 0.5) is 4.79 Å². The molecule has 2 saturated carbocycles. The van der Waals surface area contributed by atoms with E-state index in [2.05, 4.69) is 6.07 Å². The second-order valence-electron chi connectivity index (χ2n) is 6.80. The van der Waals surface area contributed by atoms with Gasteiger partial charge in [0.1, 0.15) is 5.75 Å². The first-order valence-corrected chi connectivity index (χ1v) is 8.79. The van der Waals surface area contributed by atoms with Crippen LogP contribution in [0.3, 0.4) is 0 Å². The summed E-state index contributed by atoms with van der Waals surface area (Å²) in [7, 11) is 0. The van der Waals surface area contributed by atoms with E-state index in [1.807, 2.05) is 12.1 Å². The van der Waals surface area contributed by atoms with Crippen molar-refractivity contribution in [2.75, 3.05) is 0 Å². The number of carbonyl (C=O) groups is 1. The Balaban J connectivity index is 1.97. The average molecular weight is 302 g/mol. The van der Waals surface area contributed by atoms with E-state index in [0.717, 1.165) is 0 Å². The highest BCUT2D eigenvalue weighted by atomic mass is 16.7. The van der Waals surface area contributed by atoms with Gasteiger partial charge in [0.15, 0.2) is 0 Å². The molecule has 0 bridgehead atoms. The molecule has 0 amide bonds. The van der Waals surface area contributed by atoms with Crippen LogP contribution in [0.1, 0.15) is 87.2 Å². The molecular weight excluding hydrogens is 276 g/mol. The first kappa shape index (κ1) is 15.4. The van der Waals surface area contributed by atoms with Crippen LogP contribution in [0.25, 0.3) is 0 Å². The third kappa shape index (κ3) is 3.45. The zero-order valence-corrected chi connectivity index (χ0v) is 13.2. The minimum atomic E-state index is -1.20. The Morgan fingerprint density at radius 2 is 1.50 bits per heavy atom. The van der Waals surface area contributed by atoms with Crippen molar-refractivity contribution >= 4 is 6.16 Å². The fraction of sp³-hybridized carbons (Fsp3) is 0.632. The molecule has 2 aliphatic rings. The van der Waals surface area contributed by atoms with Crippen molar-refractivity contribution in [3.63, 3.8) is 0 Å². The van der Waals surface area contributed by atoms with E-state index >= 15 is 0 Å². The molecular formula is C19H26O3. The smallest absolute Gasteiger partial charge is 0.449 e. The van der Waals surface area contributed by atoms with Crippen molar-refractivity contribution in [3.8, 4) is 5.75 Å². The second-order valence-corrected chi connectivity index (χ2v) is 6.80. The van der Waals surface area contributed by atoms with E-state index in [-0.39, 0.29) is 0 Å². The highest BCUT2D eigenvalue weighted by molar-refractivity contribution is 5.63. The van der Waals surface area contributed by atoms with Crippen LogP contribution < -0.4 is 4.74 Å². The molecule has 0 unspecified atom stereocenters. The van der Waals surface area contributed by atoms with Gasteiger partial charge in [-0.05, 0) is 49.1 Å². The zero-order chi connectivity index (χ0) is 15.4. The highest BCUT2D eigenvalue weighted by Crippen LogP contribution is 2.44. The maximum absolute atomic E-state index is 11.1. The molecule has 3 rings (SSSR count). The lowest BCUT2D eigenvalue weighted by Gasteiger charge is -2.30. The largest absolute Gasteiger partial charge is 0.511 e. The van der Waals surface area contributed by atoms with Crippen molar-refractivity contribution in [3.05, 3.63) is 29.3 Å². The number of hydrogen-bond donors (Lipinski definition) is 1. The molecule has 0 heterocycles. The molecule has 0 aliphatic heterocycles. The summed E-state index contributed by atoms with van der Waals surface area (Å²) in [5.41, 5.74) is 2.57. The average Bonchev–Trinajstić information content (AvgIpc) is 2.56. The van der Waals surface area contributed by atoms with E-state index in [1.54, 1.807) is 0 Å². The van der Waals surface area contributed by atoms with Gasteiger partial charge in [-0.1, -0.05) is 50.7 Å². The molecule has 2 fully saturated rings. The summed E-state index contributed by atoms with van der Waals surface area (Å²) in [5, 5.41) is 9.07. The van der Waals surface area contributed by atoms with Crippen molar-refractivity contribution in [2.45, 2.75) is 76.0 Å². The predicted octanol–water partition coefficient (Wildman–Crippen LogP) is 5.84. The molecule has 22 heavy (non-hydrogen) atoms. The Labute approximate surface area is 132 Å². The normalized spacial score (nSPS) is 20.7. The molecule has 1 aromatic carbocycles. The van der Waals surface area contributed by atoms with Crippen molar-refractivity contribution in [1.29, 1.82) is 0 Å². The Morgan fingerprint density at radius 1 is 0.909 bits per heavy atom. The van der Waals surface area contributed by atoms with Gasteiger partial charge in [-0.25, -0.2) is 4.79 Å². The second kappa shape index (κ2) is 7.17. The van der Waals surface area contributed by atoms with Crippen LogP contribution >= 0.6 is 0 Å². The third-order valence-corrected chi connectivity index (χ3v) is 5.36. The van der Waals surface area contributed by atoms with Crippen molar-refractivity contribution < 1.29 is 14.6 Å². The number of hydrogen-bond acceptors (Lipinski definition) is 2. The van der Waals surface area contributed by atoms with Gasteiger partial charge in [-0.3, -0.25) is 0 Å². The Hall–Kier alpha value is -1.51. The van der Waals surface area contributed by atoms with E-state index in [9.17, 15) is 4.79 Å². The molecule has 0 spiro atoms. The van der Waals surface area contributed by atoms with Gasteiger partial charge in [0, 0.05) is 5.56 Å². The lowest BCUT2D eigenvalue weighted by Crippen LogP contribution is -2.15. The molecule has 120 valence electrons. The van der Waals surface area contributed by atoms with Gasteiger partial charge in [0.2, 0.25) is 0 Å². The summed E-state index contributed by atoms with van der Waals surface area (Å²) in [5.74, 6) is 1.65. The van der Waals surface area contributed by atoms with Gasteiger partial charge in [-0.2, -0.15) is 0 Å². The molecule has 0 radical (unpaired) electrons. The van der Waals surface area contributed by atoms with E-state index < -0.39 is 6.16 Å². The van der Waals surface area contributed by atoms with E-state index in [4.69, 9.17) is 9.84 Å². The number of benzene rings is 1. The number of ether oxygens (including phenoxy) is 1. The molecule has 3 nitrogen and oxygen atoms in total. The third-order valence-electron chi connectivity index (χ3n) is 5.36. The maximum Gasteiger partial charge on any atom is 0.511 e. The minimum Gasteiger partial charge on any atom is -0.449 e. The Kier molecular flexibility index (Phi) is 5.01. The number of carboxylic acid groups (broad SMARTS) is 1. The standard InChI is InChI=1S/C19H26O3/c20-19(21)22-17-13-7-12-16(14-8-3-1-4-9-14)18(17)15-10-5-2-6-11-15/h7,12-15H,1-6,8-11H2,(H,20,21). The lowest BCUT2D eigenvalue weighted by atomic mass is 9.75. The van der Waals surface area contributed by atoms with Gasteiger partial charge >= 0.3 is 6.16 Å². The zero-order valence-electron chi connectivity index (χ0n) is 13.2. The molecule has 0 saturated heterocycles. The highest BCUT2D eigenvalue weighted by Gasteiger charge is 2.27. The van der Waals surface area contributed by atoms with E-state index in [0.29, 0.717) is 17.6 Å². The van der Waals surface area contributed by atoms with Crippen LogP contribution in [0.2, 0.25) is 0 Å². The Bertz CT molecular complexity index is 511. The summed E-state index contributed by atoms with van der Waals surface area (Å²) in [6, 6.07) is 6.02. The molecule has 1 N–H and O–H groups in total. The Morgan fingerprint density at radius 3 is 2.09 bits per heavy atom. The molecule has 0 atom stereocenters. The van der Waals surface area contributed by atoms with Gasteiger partial charge in [0.25, 0.3) is 0 Å². The topological polar surface area (TPSA) is 46.5 Å². The molecule has 1 aromatic rings. The van der Waals surface area contributed by atoms with Crippen LogP contribution in [-0.2, 0) is 0 Å². The monoisotopic (exact) mass is 302 g/mol. The summed E-state index contributed by atoms with van der Waals surface area (Å²) < 4.78 is 5.15. The summed E-state index contributed by atoms with van der Waals surface area (Å²) >= 11 is 0. The van der Waals surface area contributed by atoms with Crippen LogP contribution in [0.15, 0.2) is 18.2 Å². The summed E-state index contributed by atoms with van der Waals surface area (Å²) in [6.45, 7) is 0. The molecule has 0 aromatic heterocycles. The fourth-order valence-electron chi connectivity index (χ4n) is 4.34.